The molecular formula is C24H19F2N3OS. The van der Waals surface area contributed by atoms with Gasteiger partial charge in [0.05, 0.1) is 11.4 Å². The Morgan fingerprint density at radius 3 is 2.16 bits per heavy atom. The zero-order valence-corrected chi connectivity index (χ0v) is 17.3. The van der Waals surface area contributed by atoms with Crippen molar-refractivity contribution in [2.45, 2.75) is 11.6 Å². The molecule has 3 N–H and O–H groups in total. The number of hydrogen-bond acceptors (Lipinski definition) is 3. The number of nitrogens with two attached hydrogens (primary N) is 1. The highest BCUT2D eigenvalue weighted by molar-refractivity contribution is 7.99. The van der Waals surface area contributed by atoms with E-state index in [1.807, 2.05) is 12.1 Å². The summed E-state index contributed by atoms with van der Waals surface area (Å²) in [5, 5.41) is 0.676. The van der Waals surface area contributed by atoms with Crippen LogP contribution >= 0.6 is 11.8 Å². The van der Waals surface area contributed by atoms with Crippen LogP contribution in [0.5, 0.6) is 0 Å². The van der Waals surface area contributed by atoms with E-state index < -0.39 is 5.91 Å². The molecule has 4 aromatic rings. The average Bonchev–Trinajstić information content (AvgIpc) is 3.19. The molecule has 1 heterocycles. The number of primary amides is 1. The van der Waals surface area contributed by atoms with Gasteiger partial charge in [-0.1, -0.05) is 30.0 Å². The summed E-state index contributed by atoms with van der Waals surface area (Å²) in [7, 11) is 0. The van der Waals surface area contributed by atoms with E-state index in [4.69, 9.17) is 10.7 Å². The van der Waals surface area contributed by atoms with E-state index in [2.05, 4.69) is 4.98 Å². The predicted octanol–water partition coefficient (Wildman–Crippen LogP) is 5.46. The van der Waals surface area contributed by atoms with Gasteiger partial charge in [0.1, 0.15) is 11.6 Å². The van der Waals surface area contributed by atoms with Crippen molar-refractivity contribution in [1.82, 2.24) is 9.97 Å². The summed E-state index contributed by atoms with van der Waals surface area (Å²) in [4.78, 5) is 19.6. The van der Waals surface area contributed by atoms with Gasteiger partial charge in [-0.3, -0.25) is 4.79 Å². The van der Waals surface area contributed by atoms with Crippen LogP contribution < -0.4 is 5.73 Å². The van der Waals surface area contributed by atoms with Crippen LogP contribution in [0.3, 0.4) is 0 Å². The molecule has 4 rings (SSSR count). The second kappa shape index (κ2) is 9.14. The number of nitrogens with zero attached hydrogens (tertiary/aromatic N) is 1. The van der Waals surface area contributed by atoms with Crippen molar-refractivity contribution in [1.29, 1.82) is 0 Å². The molecule has 0 spiro atoms. The van der Waals surface area contributed by atoms with Crippen LogP contribution in [-0.2, 0) is 6.42 Å². The van der Waals surface area contributed by atoms with Gasteiger partial charge < -0.3 is 10.7 Å². The highest BCUT2D eigenvalue weighted by Gasteiger charge is 2.15. The highest BCUT2D eigenvalue weighted by atomic mass is 32.2. The first kappa shape index (κ1) is 20.8. The number of H-pyrrole nitrogens is 1. The van der Waals surface area contributed by atoms with Crippen molar-refractivity contribution in [3.63, 3.8) is 0 Å². The van der Waals surface area contributed by atoms with Crippen LogP contribution in [0.25, 0.3) is 22.5 Å². The summed E-state index contributed by atoms with van der Waals surface area (Å²) in [6, 6.07) is 19.5. The monoisotopic (exact) mass is 435 g/mol. The van der Waals surface area contributed by atoms with E-state index in [1.165, 1.54) is 36.0 Å². The molecule has 0 fully saturated rings. The predicted molar refractivity (Wildman–Crippen MR) is 119 cm³/mol. The van der Waals surface area contributed by atoms with Crippen molar-refractivity contribution < 1.29 is 13.6 Å². The van der Waals surface area contributed by atoms with Crippen LogP contribution in [0, 0.1) is 11.6 Å². The van der Waals surface area contributed by atoms with E-state index in [9.17, 15) is 13.6 Å². The van der Waals surface area contributed by atoms with Gasteiger partial charge in [-0.2, -0.15) is 0 Å². The maximum Gasteiger partial charge on any atom is 0.248 e. The molecule has 1 aromatic heterocycles. The Hall–Kier alpha value is -3.45. The summed E-state index contributed by atoms with van der Waals surface area (Å²) < 4.78 is 26.8. The van der Waals surface area contributed by atoms with Gasteiger partial charge in [0.15, 0.2) is 5.16 Å². The summed E-state index contributed by atoms with van der Waals surface area (Å²) in [5.41, 5.74) is 9.77. The van der Waals surface area contributed by atoms with E-state index in [0.717, 1.165) is 22.4 Å². The molecule has 0 saturated heterocycles. The third-order valence-electron chi connectivity index (χ3n) is 4.83. The maximum atomic E-state index is 13.4. The zero-order chi connectivity index (χ0) is 21.8. The minimum absolute atomic E-state index is 0.325. The van der Waals surface area contributed by atoms with Gasteiger partial charge in [0.25, 0.3) is 0 Å². The Morgan fingerprint density at radius 2 is 1.52 bits per heavy atom. The quantitative estimate of drug-likeness (QED) is 0.379. The van der Waals surface area contributed by atoms with Crippen LogP contribution in [0.1, 0.15) is 15.9 Å². The molecule has 4 nitrogen and oxygen atoms in total. The molecule has 0 unspecified atom stereocenters. The molecule has 7 heteroatoms. The first-order valence-corrected chi connectivity index (χ1v) is 10.6. The number of imidazole rings is 1. The zero-order valence-electron chi connectivity index (χ0n) is 16.4. The van der Waals surface area contributed by atoms with Crippen LogP contribution in [-0.4, -0.2) is 21.6 Å². The average molecular weight is 435 g/mol. The van der Waals surface area contributed by atoms with Crippen molar-refractivity contribution in [2.24, 2.45) is 5.73 Å². The lowest BCUT2D eigenvalue weighted by atomic mass is 10.1. The van der Waals surface area contributed by atoms with Crippen LogP contribution in [0.15, 0.2) is 78.0 Å². The van der Waals surface area contributed by atoms with Gasteiger partial charge in [-0.25, -0.2) is 13.8 Å². The van der Waals surface area contributed by atoms with E-state index in [1.54, 1.807) is 36.4 Å². The first-order valence-electron chi connectivity index (χ1n) is 9.63. The van der Waals surface area contributed by atoms with Crippen molar-refractivity contribution in [2.75, 3.05) is 5.75 Å². The number of amides is 1. The Bertz CT molecular complexity index is 1140. The summed E-state index contributed by atoms with van der Waals surface area (Å²) in [5.74, 6) is -0.431. The number of carbonyl (C=O) groups excluding carboxylic acids is 1. The Kier molecular flexibility index (Phi) is 6.13. The number of benzene rings is 3. The SMILES string of the molecule is NC(=O)c1ccccc1CCSc1nc(-c2ccc(F)cc2)c(-c2ccc(F)cc2)[nH]1. The topological polar surface area (TPSA) is 71.8 Å². The number of thioether (sulfide) groups is 1. The fourth-order valence-corrected chi connectivity index (χ4v) is 4.14. The number of aromatic nitrogens is 2. The van der Waals surface area contributed by atoms with E-state index in [0.29, 0.717) is 28.6 Å². The van der Waals surface area contributed by atoms with Gasteiger partial charge in [0.2, 0.25) is 5.91 Å². The fourth-order valence-electron chi connectivity index (χ4n) is 3.30. The third-order valence-corrected chi connectivity index (χ3v) is 5.70. The number of rotatable bonds is 7. The van der Waals surface area contributed by atoms with Crippen LogP contribution in [0.2, 0.25) is 0 Å². The Morgan fingerprint density at radius 1 is 0.903 bits per heavy atom. The van der Waals surface area contributed by atoms with Gasteiger partial charge in [0, 0.05) is 22.4 Å². The number of aromatic amines is 1. The standard InChI is InChI=1S/C24H19F2N3OS/c25-18-9-5-16(6-10-18)21-22(17-7-11-19(26)12-8-17)29-24(28-21)31-14-13-15-3-1-2-4-20(15)23(27)30/h1-12H,13-14H2,(H2,27,30)(H,28,29). The van der Waals surface area contributed by atoms with Crippen molar-refractivity contribution in [3.8, 4) is 22.5 Å². The molecule has 0 aliphatic rings. The molecule has 0 saturated carbocycles. The van der Waals surface area contributed by atoms with E-state index >= 15 is 0 Å². The molecule has 0 atom stereocenters. The number of hydrogen-bond donors (Lipinski definition) is 2. The second-order valence-corrected chi connectivity index (χ2v) is 7.98. The molecule has 156 valence electrons. The summed E-state index contributed by atoms with van der Waals surface area (Å²) in [6.07, 6.45) is 0.641. The van der Waals surface area contributed by atoms with Gasteiger partial charge in [-0.15, -0.1) is 0 Å². The summed E-state index contributed by atoms with van der Waals surface area (Å²) in [6.45, 7) is 0. The lowest BCUT2D eigenvalue weighted by Crippen LogP contribution is -2.13. The number of carbonyl (C=O) groups is 1. The molecular weight excluding hydrogens is 416 g/mol. The summed E-state index contributed by atoms with van der Waals surface area (Å²) >= 11 is 1.50. The fraction of sp³-hybridized carbons (Fsp3) is 0.0833. The molecule has 31 heavy (non-hydrogen) atoms. The number of halogens is 2. The van der Waals surface area contributed by atoms with Gasteiger partial charge in [-0.05, 0) is 66.6 Å². The highest BCUT2D eigenvalue weighted by Crippen LogP contribution is 2.33. The van der Waals surface area contributed by atoms with Gasteiger partial charge >= 0.3 is 0 Å². The molecule has 0 radical (unpaired) electrons. The third kappa shape index (κ3) is 4.83. The lowest BCUT2D eigenvalue weighted by molar-refractivity contribution is 0.0999. The normalized spacial score (nSPS) is 10.9. The van der Waals surface area contributed by atoms with Crippen molar-refractivity contribution in [3.05, 3.63) is 95.6 Å². The van der Waals surface area contributed by atoms with Crippen LogP contribution in [0.4, 0.5) is 8.78 Å². The molecule has 1 amide bonds. The number of nitrogens with one attached hydrogen (secondary N) is 1. The minimum Gasteiger partial charge on any atom is -0.366 e. The molecule has 0 aliphatic heterocycles. The molecule has 3 aromatic carbocycles. The largest absolute Gasteiger partial charge is 0.366 e. The lowest BCUT2D eigenvalue weighted by Gasteiger charge is -2.05. The smallest absolute Gasteiger partial charge is 0.248 e. The Labute approximate surface area is 182 Å². The van der Waals surface area contributed by atoms with Crippen molar-refractivity contribution >= 4 is 17.7 Å². The first-order chi connectivity index (χ1) is 15.0. The second-order valence-electron chi connectivity index (χ2n) is 6.90. The molecule has 0 bridgehead atoms. The molecule has 0 aliphatic carbocycles. The maximum absolute atomic E-state index is 13.4. The number of aryl methyl sites for hydroxylation is 1. The Balaban J connectivity index is 1.60. The van der Waals surface area contributed by atoms with E-state index in [-0.39, 0.29) is 11.6 Å². The minimum atomic E-state index is -0.448.